The molecule has 90 valence electrons. The van der Waals surface area contributed by atoms with Crippen molar-refractivity contribution in [1.29, 1.82) is 0 Å². The van der Waals surface area contributed by atoms with Crippen LogP contribution in [0.5, 0.6) is 10.9 Å². The second-order valence-electron chi connectivity index (χ2n) is 4.30. The van der Waals surface area contributed by atoms with E-state index in [2.05, 4.69) is 18.8 Å². The van der Waals surface area contributed by atoms with Crippen LogP contribution in [0.3, 0.4) is 0 Å². The van der Waals surface area contributed by atoms with Crippen molar-refractivity contribution in [2.45, 2.75) is 26.7 Å². The van der Waals surface area contributed by atoms with Crippen LogP contribution in [0.2, 0.25) is 0 Å². The van der Waals surface area contributed by atoms with Crippen LogP contribution in [0.4, 0.5) is 5.69 Å². The second-order valence-corrected chi connectivity index (χ2v) is 5.16. The molecule has 0 saturated carbocycles. The molecule has 0 aliphatic carbocycles. The topological polar surface area (TPSA) is 48.1 Å². The zero-order valence-electron chi connectivity index (χ0n) is 10.2. The highest BCUT2D eigenvalue weighted by molar-refractivity contribution is 7.11. The van der Waals surface area contributed by atoms with Crippen molar-refractivity contribution in [2.75, 3.05) is 5.73 Å². The van der Waals surface area contributed by atoms with Gasteiger partial charge in [-0.3, -0.25) is 0 Å². The van der Waals surface area contributed by atoms with Gasteiger partial charge in [0.25, 0.3) is 5.19 Å². The van der Waals surface area contributed by atoms with E-state index in [4.69, 9.17) is 10.5 Å². The summed E-state index contributed by atoms with van der Waals surface area (Å²) in [6, 6.07) is 3.97. The van der Waals surface area contributed by atoms with Gasteiger partial charge in [-0.2, -0.15) is 0 Å². The molecule has 2 N–H and O–H groups in total. The summed E-state index contributed by atoms with van der Waals surface area (Å²) in [6.45, 7) is 6.23. The molecule has 0 bridgehead atoms. The number of ether oxygens (including phenoxy) is 1. The molecular formula is C13H16N2OS. The van der Waals surface area contributed by atoms with Crippen molar-refractivity contribution in [3.05, 3.63) is 34.8 Å². The van der Waals surface area contributed by atoms with E-state index in [1.807, 2.05) is 24.4 Å². The number of hydrogen-bond donors (Lipinski definition) is 1. The minimum atomic E-state index is 0.368. The summed E-state index contributed by atoms with van der Waals surface area (Å²) in [5, 5.41) is 2.56. The van der Waals surface area contributed by atoms with Crippen molar-refractivity contribution in [3.63, 3.8) is 0 Å². The third kappa shape index (κ3) is 2.58. The fourth-order valence-electron chi connectivity index (χ4n) is 1.61. The molecular weight excluding hydrogens is 232 g/mol. The lowest BCUT2D eigenvalue weighted by Gasteiger charge is -2.14. The fourth-order valence-corrected chi connectivity index (χ4v) is 2.11. The Morgan fingerprint density at radius 3 is 2.71 bits per heavy atom. The molecule has 1 aromatic carbocycles. The molecule has 0 unspecified atom stereocenters. The summed E-state index contributed by atoms with van der Waals surface area (Å²) in [4.78, 5) is 4.13. The first-order valence-electron chi connectivity index (χ1n) is 5.55. The van der Waals surface area contributed by atoms with E-state index in [0.717, 1.165) is 22.6 Å². The highest BCUT2D eigenvalue weighted by Gasteiger charge is 2.12. The lowest BCUT2D eigenvalue weighted by Crippen LogP contribution is -1.98. The van der Waals surface area contributed by atoms with E-state index in [1.54, 1.807) is 6.20 Å². The number of nitrogens with zero attached hydrogens (tertiary/aromatic N) is 1. The van der Waals surface area contributed by atoms with Gasteiger partial charge in [-0.05, 0) is 36.1 Å². The maximum atomic E-state index is 5.93. The Hall–Kier alpha value is -1.55. The average molecular weight is 248 g/mol. The standard InChI is InChI=1S/C13H16N2OS/c1-8(2)10-7-11(14)9(3)6-12(10)16-13-15-4-5-17-13/h4-8H,14H2,1-3H3. The quantitative estimate of drug-likeness (QED) is 0.837. The number of benzene rings is 1. The summed E-state index contributed by atoms with van der Waals surface area (Å²) in [5.41, 5.74) is 8.88. The minimum Gasteiger partial charge on any atom is -0.431 e. The molecule has 4 heteroatoms. The van der Waals surface area contributed by atoms with Gasteiger partial charge in [-0.25, -0.2) is 4.98 Å². The van der Waals surface area contributed by atoms with Gasteiger partial charge in [0.15, 0.2) is 0 Å². The maximum Gasteiger partial charge on any atom is 0.278 e. The van der Waals surface area contributed by atoms with Crippen LogP contribution in [-0.2, 0) is 0 Å². The first kappa shape index (κ1) is 11.9. The molecule has 0 aliphatic rings. The molecule has 17 heavy (non-hydrogen) atoms. The van der Waals surface area contributed by atoms with Crippen molar-refractivity contribution in [3.8, 4) is 10.9 Å². The smallest absolute Gasteiger partial charge is 0.278 e. The number of hydrogen-bond acceptors (Lipinski definition) is 4. The zero-order valence-corrected chi connectivity index (χ0v) is 11.0. The van der Waals surface area contributed by atoms with Gasteiger partial charge in [0, 0.05) is 17.3 Å². The molecule has 0 atom stereocenters. The second kappa shape index (κ2) is 4.75. The van der Waals surface area contributed by atoms with Crippen molar-refractivity contribution in [1.82, 2.24) is 4.98 Å². The number of rotatable bonds is 3. The molecule has 0 amide bonds. The van der Waals surface area contributed by atoms with E-state index < -0.39 is 0 Å². The van der Waals surface area contributed by atoms with Gasteiger partial charge < -0.3 is 10.5 Å². The summed E-state index contributed by atoms with van der Waals surface area (Å²) < 4.78 is 5.80. The lowest BCUT2D eigenvalue weighted by atomic mass is 9.99. The fraction of sp³-hybridized carbons (Fsp3) is 0.308. The normalized spacial score (nSPS) is 10.8. The predicted octanol–water partition coefficient (Wildman–Crippen LogP) is 3.95. The molecule has 3 nitrogen and oxygen atoms in total. The van der Waals surface area contributed by atoms with Crippen molar-refractivity contribution < 1.29 is 4.74 Å². The Morgan fingerprint density at radius 2 is 2.12 bits per heavy atom. The first-order valence-corrected chi connectivity index (χ1v) is 6.43. The largest absolute Gasteiger partial charge is 0.431 e. The highest BCUT2D eigenvalue weighted by atomic mass is 32.1. The summed E-state index contributed by atoms with van der Waals surface area (Å²) in [5.74, 6) is 1.22. The highest BCUT2D eigenvalue weighted by Crippen LogP contribution is 2.34. The van der Waals surface area contributed by atoms with Gasteiger partial charge >= 0.3 is 0 Å². The summed E-state index contributed by atoms with van der Waals surface area (Å²) in [7, 11) is 0. The predicted molar refractivity (Wildman–Crippen MR) is 71.9 cm³/mol. The van der Waals surface area contributed by atoms with E-state index >= 15 is 0 Å². The Kier molecular flexibility index (Phi) is 3.33. The van der Waals surface area contributed by atoms with Crippen LogP contribution in [0.15, 0.2) is 23.7 Å². The molecule has 0 aliphatic heterocycles. The van der Waals surface area contributed by atoms with Crippen LogP contribution in [-0.4, -0.2) is 4.98 Å². The van der Waals surface area contributed by atoms with Crippen LogP contribution in [0.25, 0.3) is 0 Å². The molecule has 0 fully saturated rings. The van der Waals surface area contributed by atoms with Gasteiger partial charge in [-0.15, -0.1) is 0 Å². The molecule has 2 rings (SSSR count). The lowest BCUT2D eigenvalue weighted by molar-refractivity contribution is 0.469. The van der Waals surface area contributed by atoms with E-state index in [1.165, 1.54) is 11.3 Å². The average Bonchev–Trinajstić information content (AvgIpc) is 2.75. The SMILES string of the molecule is Cc1cc(Oc2nccs2)c(C(C)C)cc1N. The Balaban J connectivity index is 2.41. The Morgan fingerprint density at radius 1 is 1.35 bits per heavy atom. The van der Waals surface area contributed by atoms with E-state index in [0.29, 0.717) is 11.1 Å². The van der Waals surface area contributed by atoms with Crippen LogP contribution in [0.1, 0.15) is 30.9 Å². The third-order valence-electron chi connectivity index (χ3n) is 2.63. The molecule has 0 saturated heterocycles. The van der Waals surface area contributed by atoms with Crippen LogP contribution in [0, 0.1) is 6.92 Å². The Bertz CT molecular complexity index is 506. The number of anilines is 1. The van der Waals surface area contributed by atoms with E-state index in [9.17, 15) is 0 Å². The number of nitrogen functional groups attached to an aromatic ring is 1. The van der Waals surface area contributed by atoms with Crippen LogP contribution >= 0.6 is 11.3 Å². The summed E-state index contributed by atoms with van der Waals surface area (Å²) >= 11 is 1.48. The van der Waals surface area contributed by atoms with Crippen LogP contribution < -0.4 is 10.5 Å². The van der Waals surface area contributed by atoms with Gasteiger partial charge in [0.05, 0.1) is 0 Å². The van der Waals surface area contributed by atoms with Gasteiger partial charge in [-0.1, -0.05) is 25.2 Å². The maximum absolute atomic E-state index is 5.93. The van der Waals surface area contributed by atoms with Gasteiger partial charge in [0.2, 0.25) is 0 Å². The van der Waals surface area contributed by atoms with E-state index in [-0.39, 0.29) is 0 Å². The number of thiazole rings is 1. The molecule has 2 aromatic rings. The zero-order chi connectivity index (χ0) is 12.4. The number of aryl methyl sites for hydroxylation is 1. The molecule has 0 spiro atoms. The van der Waals surface area contributed by atoms with Gasteiger partial charge in [0.1, 0.15) is 5.75 Å². The van der Waals surface area contributed by atoms with Crippen molar-refractivity contribution >= 4 is 17.0 Å². The Labute approximate surface area is 105 Å². The molecule has 1 aromatic heterocycles. The third-order valence-corrected chi connectivity index (χ3v) is 3.28. The molecule has 1 heterocycles. The first-order chi connectivity index (χ1) is 8.08. The number of nitrogens with two attached hydrogens (primary N) is 1. The summed E-state index contributed by atoms with van der Waals surface area (Å²) in [6.07, 6.45) is 1.74. The minimum absolute atomic E-state index is 0.368. The molecule has 0 radical (unpaired) electrons. The number of aromatic nitrogens is 1. The van der Waals surface area contributed by atoms with Crippen molar-refractivity contribution in [2.24, 2.45) is 0 Å². The monoisotopic (exact) mass is 248 g/mol.